The lowest BCUT2D eigenvalue weighted by Gasteiger charge is -2.09. The molecule has 0 bridgehead atoms. The van der Waals surface area contributed by atoms with Crippen LogP contribution in [0.25, 0.3) is 0 Å². The van der Waals surface area contributed by atoms with Crippen LogP contribution in [-0.2, 0) is 0 Å². The molecule has 15 heavy (non-hydrogen) atoms. The lowest BCUT2D eigenvalue weighted by Crippen LogP contribution is -2.16. The van der Waals surface area contributed by atoms with Gasteiger partial charge in [0, 0.05) is 0 Å². The molecule has 0 aliphatic rings. The van der Waals surface area contributed by atoms with Gasteiger partial charge in [-0.15, -0.1) is 0 Å². The zero-order valence-electron chi connectivity index (χ0n) is 8.49. The maximum atomic E-state index is 11.3. The SMILES string of the molecule is CCOc1nc(C(=O)CN)cc(N)c1N. The second-order valence-electron chi connectivity index (χ2n) is 2.88. The van der Waals surface area contributed by atoms with E-state index >= 15 is 0 Å². The van der Waals surface area contributed by atoms with Gasteiger partial charge < -0.3 is 21.9 Å². The zero-order valence-corrected chi connectivity index (χ0v) is 8.49. The number of ketones is 1. The van der Waals surface area contributed by atoms with Gasteiger partial charge in [0.2, 0.25) is 5.88 Å². The number of ether oxygens (including phenoxy) is 1. The Bertz CT molecular complexity index is 379. The van der Waals surface area contributed by atoms with Gasteiger partial charge >= 0.3 is 0 Å². The fraction of sp³-hybridized carbons (Fsp3) is 0.333. The second-order valence-corrected chi connectivity index (χ2v) is 2.88. The van der Waals surface area contributed by atoms with Crippen molar-refractivity contribution >= 4 is 17.2 Å². The Balaban J connectivity index is 3.16. The Morgan fingerprint density at radius 2 is 2.20 bits per heavy atom. The number of rotatable bonds is 4. The van der Waals surface area contributed by atoms with Crippen LogP contribution >= 0.6 is 0 Å². The van der Waals surface area contributed by atoms with Crippen LogP contribution in [0.2, 0.25) is 0 Å². The molecule has 0 aromatic carbocycles. The number of hydrogen-bond acceptors (Lipinski definition) is 6. The van der Waals surface area contributed by atoms with Crippen molar-refractivity contribution in [1.29, 1.82) is 0 Å². The molecule has 6 N–H and O–H groups in total. The van der Waals surface area contributed by atoms with Gasteiger partial charge in [0.25, 0.3) is 0 Å². The van der Waals surface area contributed by atoms with Crippen LogP contribution in [0, 0.1) is 0 Å². The van der Waals surface area contributed by atoms with Gasteiger partial charge in [0.1, 0.15) is 11.4 Å². The standard InChI is InChI=1S/C9H14N4O2/c1-2-15-9-8(12)5(11)3-6(13-9)7(14)4-10/h3H,2,4,10,12H2,1H3,(H2,11,13). The number of Topliss-reactive ketones (excluding diaryl/α,β-unsaturated/α-hetero) is 1. The van der Waals surface area contributed by atoms with Crippen molar-refractivity contribution in [3.05, 3.63) is 11.8 Å². The van der Waals surface area contributed by atoms with Crippen LogP contribution in [0.4, 0.5) is 11.4 Å². The quantitative estimate of drug-likeness (QED) is 0.592. The van der Waals surface area contributed by atoms with Gasteiger partial charge in [-0.1, -0.05) is 0 Å². The Kier molecular flexibility index (Phi) is 3.46. The molecule has 0 radical (unpaired) electrons. The third kappa shape index (κ3) is 2.35. The zero-order chi connectivity index (χ0) is 11.4. The number of hydrogen-bond donors (Lipinski definition) is 3. The van der Waals surface area contributed by atoms with Crippen molar-refractivity contribution in [2.24, 2.45) is 5.73 Å². The molecule has 6 nitrogen and oxygen atoms in total. The van der Waals surface area contributed by atoms with Crippen LogP contribution in [-0.4, -0.2) is 23.9 Å². The van der Waals surface area contributed by atoms with Crippen LogP contribution in [0.15, 0.2) is 6.07 Å². The van der Waals surface area contributed by atoms with Gasteiger partial charge in [-0.2, -0.15) is 0 Å². The number of anilines is 2. The first-order chi connectivity index (χ1) is 7.10. The van der Waals surface area contributed by atoms with Gasteiger partial charge in [0.15, 0.2) is 5.78 Å². The maximum absolute atomic E-state index is 11.3. The van der Waals surface area contributed by atoms with Gasteiger partial charge in [-0.25, -0.2) is 4.98 Å². The second kappa shape index (κ2) is 4.61. The lowest BCUT2D eigenvalue weighted by atomic mass is 10.2. The summed E-state index contributed by atoms with van der Waals surface area (Å²) in [4.78, 5) is 15.2. The first-order valence-corrected chi connectivity index (χ1v) is 4.52. The lowest BCUT2D eigenvalue weighted by molar-refractivity contribution is 0.0995. The predicted octanol–water partition coefficient (Wildman–Crippen LogP) is -0.214. The fourth-order valence-electron chi connectivity index (χ4n) is 1.04. The van der Waals surface area contributed by atoms with Gasteiger partial charge in [0.05, 0.1) is 18.8 Å². The number of aromatic nitrogens is 1. The Morgan fingerprint density at radius 1 is 1.53 bits per heavy atom. The summed E-state index contributed by atoms with van der Waals surface area (Å²) in [6.07, 6.45) is 0. The van der Waals surface area contributed by atoms with Crippen molar-refractivity contribution in [2.75, 3.05) is 24.6 Å². The van der Waals surface area contributed by atoms with Crippen molar-refractivity contribution in [3.63, 3.8) is 0 Å². The topological polar surface area (TPSA) is 117 Å². The van der Waals surface area contributed by atoms with Crippen molar-refractivity contribution in [1.82, 2.24) is 4.98 Å². The van der Waals surface area contributed by atoms with E-state index in [9.17, 15) is 4.79 Å². The normalized spacial score (nSPS) is 10.0. The molecule has 1 rings (SSSR count). The van der Waals surface area contributed by atoms with E-state index in [4.69, 9.17) is 21.9 Å². The highest BCUT2D eigenvalue weighted by Crippen LogP contribution is 2.26. The highest BCUT2D eigenvalue weighted by molar-refractivity contribution is 5.97. The summed E-state index contributed by atoms with van der Waals surface area (Å²) in [5.41, 5.74) is 17.1. The molecule has 0 saturated heterocycles. The summed E-state index contributed by atoms with van der Waals surface area (Å²) in [7, 11) is 0. The van der Waals surface area contributed by atoms with E-state index in [0.717, 1.165) is 0 Å². The third-order valence-electron chi connectivity index (χ3n) is 1.81. The summed E-state index contributed by atoms with van der Waals surface area (Å²) >= 11 is 0. The van der Waals surface area contributed by atoms with E-state index in [1.165, 1.54) is 6.07 Å². The Hall–Kier alpha value is -1.82. The number of nitrogens with zero attached hydrogens (tertiary/aromatic N) is 1. The van der Waals surface area contributed by atoms with Gasteiger partial charge in [-0.3, -0.25) is 4.79 Å². The van der Waals surface area contributed by atoms with Crippen LogP contribution in [0.5, 0.6) is 5.88 Å². The van der Waals surface area contributed by atoms with Crippen LogP contribution in [0.3, 0.4) is 0 Å². The molecule has 0 amide bonds. The fourth-order valence-corrected chi connectivity index (χ4v) is 1.04. The summed E-state index contributed by atoms with van der Waals surface area (Å²) in [6.45, 7) is 2.06. The first-order valence-electron chi connectivity index (χ1n) is 4.52. The molecule has 6 heteroatoms. The molecular weight excluding hydrogens is 196 g/mol. The van der Waals surface area contributed by atoms with E-state index in [1.807, 2.05) is 0 Å². The highest BCUT2D eigenvalue weighted by Gasteiger charge is 2.12. The van der Waals surface area contributed by atoms with E-state index in [0.29, 0.717) is 6.61 Å². The number of nitrogen functional groups attached to an aromatic ring is 2. The summed E-state index contributed by atoms with van der Waals surface area (Å²) < 4.78 is 5.14. The number of nitrogens with two attached hydrogens (primary N) is 3. The minimum absolute atomic E-state index is 0.123. The first kappa shape index (κ1) is 11.3. The minimum atomic E-state index is -0.303. The van der Waals surface area contributed by atoms with Crippen molar-refractivity contribution in [2.45, 2.75) is 6.92 Å². The van der Waals surface area contributed by atoms with Crippen molar-refractivity contribution in [3.8, 4) is 5.88 Å². The average Bonchev–Trinajstić information content (AvgIpc) is 2.23. The molecule has 0 fully saturated rings. The van der Waals surface area contributed by atoms with Crippen LogP contribution < -0.4 is 21.9 Å². The summed E-state index contributed by atoms with van der Waals surface area (Å²) in [6, 6.07) is 1.40. The molecule has 0 aliphatic heterocycles. The molecule has 0 aliphatic carbocycles. The highest BCUT2D eigenvalue weighted by atomic mass is 16.5. The molecule has 0 saturated carbocycles. The average molecular weight is 210 g/mol. The number of carbonyl (C=O) groups is 1. The van der Waals surface area contributed by atoms with Crippen LogP contribution in [0.1, 0.15) is 17.4 Å². The predicted molar refractivity (Wildman–Crippen MR) is 57.6 cm³/mol. The largest absolute Gasteiger partial charge is 0.476 e. The summed E-state index contributed by atoms with van der Waals surface area (Å²) in [5.74, 6) is -0.128. The Labute approximate surface area is 87.4 Å². The number of pyridine rings is 1. The van der Waals surface area contributed by atoms with E-state index in [1.54, 1.807) is 6.92 Å². The summed E-state index contributed by atoms with van der Waals surface area (Å²) in [5, 5.41) is 0. The molecule has 1 heterocycles. The van der Waals surface area contributed by atoms with E-state index < -0.39 is 0 Å². The molecule has 82 valence electrons. The third-order valence-corrected chi connectivity index (χ3v) is 1.81. The number of carbonyl (C=O) groups excluding carboxylic acids is 1. The van der Waals surface area contributed by atoms with Gasteiger partial charge in [-0.05, 0) is 13.0 Å². The Morgan fingerprint density at radius 3 is 2.73 bits per heavy atom. The van der Waals surface area contributed by atoms with Crippen molar-refractivity contribution < 1.29 is 9.53 Å². The maximum Gasteiger partial charge on any atom is 0.240 e. The molecule has 0 unspecified atom stereocenters. The molecular formula is C9H14N4O2. The molecule has 0 spiro atoms. The molecule has 1 aromatic heterocycles. The monoisotopic (exact) mass is 210 g/mol. The smallest absolute Gasteiger partial charge is 0.240 e. The van der Waals surface area contributed by atoms with E-state index in [2.05, 4.69) is 4.98 Å². The minimum Gasteiger partial charge on any atom is -0.476 e. The molecule has 1 aromatic rings. The van der Waals surface area contributed by atoms with E-state index in [-0.39, 0.29) is 35.3 Å². The molecule has 0 atom stereocenters.